The Morgan fingerprint density at radius 1 is 0.684 bits per heavy atom. The first-order valence-electron chi connectivity index (χ1n) is 14.6. The molecule has 0 N–H and O–H groups in total. The summed E-state index contributed by atoms with van der Waals surface area (Å²) in [7, 11) is -1.11. The third-order valence-corrected chi connectivity index (χ3v) is 21.0. The van der Waals surface area contributed by atoms with Gasteiger partial charge in [0.15, 0.2) is 19.8 Å². The van der Waals surface area contributed by atoms with Crippen LogP contribution in [0.3, 0.4) is 0 Å². The fourth-order valence-electron chi connectivity index (χ4n) is 7.25. The molecule has 0 unspecified atom stereocenters. The fourth-order valence-corrected chi connectivity index (χ4v) is 18.3. The van der Waals surface area contributed by atoms with Crippen LogP contribution < -0.4 is 9.47 Å². The first-order chi connectivity index (χ1) is 17.7. The number of benzene rings is 1. The number of carbonyl (C=O) groups excluding carboxylic acids is 1. The molecule has 0 amide bonds. The van der Waals surface area contributed by atoms with Gasteiger partial charge in [-0.25, -0.2) is 0 Å². The summed E-state index contributed by atoms with van der Waals surface area (Å²) in [6.07, 6.45) is 1.14. The second kappa shape index (κ2) is 15.0. The van der Waals surface area contributed by atoms with Crippen LogP contribution in [-0.4, -0.2) is 43.7 Å². The van der Waals surface area contributed by atoms with E-state index in [0.29, 0.717) is 57.8 Å². The predicted molar refractivity (Wildman–Crippen MR) is 166 cm³/mol. The van der Waals surface area contributed by atoms with E-state index in [1.165, 1.54) is 0 Å². The minimum absolute atomic E-state index is 0.100. The zero-order valence-corrected chi connectivity index (χ0v) is 28.9. The summed E-state index contributed by atoms with van der Waals surface area (Å²) in [6, 6.07) is 6.05. The lowest BCUT2D eigenvalue weighted by Crippen LogP contribution is -2.51. The van der Waals surface area contributed by atoms with Gasteiger partial charge in [0.1, 0.15) is 6.29 Å². The van der Waals surface area contributed by atoms with Crippen LogP contribution in [0.15, 0.2) is 18.2 Å². The average Bonchev–Trinajstić information content (AvgIpc) is 2.82. The van der Waals surface area contributed by atoms with Gasteiger partial charge in [0, 0.05) is 18.9 Å². The molecule has 220 valence electrons. The number of hydrogen-bond acceptors (Lipinski definition) is 5. The first kappa shape index (κ1) is 34.9. The van der Waals surface area contributed by atoms with E-state index in [0.717, 1.165) is 11.8 Å². The van der Waals surface area contributed by atoms with Crippen LogP contribution in [0.5, 0.6) is 11.5 Å². The number of hydrogen-bond donors (Lipinski definition) is 0. The zero-order valence-electron chi connectivity index (χ0n) is 26.9. The molecule has 38 heavy (non-hydrogen) atoms. The van der Waals surface area contributed by atoms with E-state index >= 15 is 0 Å². The molecule has 0 radical (unpaired) electrons. The van der Waals surface area contributed by atoms with Crippen LogP contribution in [0.25, 0.3) is 0 Å². The van der Waals surface area contributed by atoms with Crippen LogP contribution in [0, 0.1) is 5.92 Å². The summed E-state index contributed by atoms with van der Waals surface area (Å²) in [5.41, 5.74) is 3.67. The van der Waals surface area contributed by atoms with Crippen LogP contribution in [0.4, 0.5) is 0 Å². The van der Waals surface area contributed by atoms with Crippen molar-refractivity contribution in [3.05, 3.63) is 23.8 Å². The maximum Gasteiger partial charge on any atom is 0.201 e. The molecule has 0 aliphatic rings. The Morgan fingerprint density at radius 3 is 1.50 bits per heavy atom. The van der Waals surface area contributed by atoms with Crippen LogP contribution >= 0.6 is 0 Å². The van der Waals surface area contributed by atoms with Gasteiger partial charge in [-0.05, 0) is 50.9 Å². The molecule has 1 aromatic rings. The topological polar surface area (TPSA) is 54.0 Å². The second-order valence-electron chi connectivity index (χ2n) is 12.8. The molecule has 0 aromatic heterocycles. The largest absolute Gasteiger partial charge is 0.493 e. The molecule has 0 aliphatic heterocycles. The number of aldehydes is 1. The van der Waals surface area contributed by atoms with Crippen molar-refractivity contribution >= 4 is 22.9 Å². The number of rotatable bonds is 17. The Kier molecular flexibility index (Phi) is 13.8. The Labute approximate surface area is 236 Å². The molecule has 1 aromatic carbocycles. The smallest absolute Gasteiger partial charge is 0.201 e. The molecule has 0 fully saturated rings. The van der Waals surface area contributed by atoms with Crippen molar-refractivity contribution in [2.24, 2.45) is 5.92 Å². The summed E-state index contributed by atoms with van der Waals surface area (Å²) in [6.45, 7) is 28.1. The quantitative estimate of drug-likeness (QED) is 0.139. The van der Waals surface area contributed by atoms with E-state index in [1.54, 1.807) is 14.2 Å². The van der Waals surface area contributed by atoms with Crippen LogP contribution in [-0.2, 0) is 13.6 Å². The average molecular weight is 567 g/mol. The van der Waals surface area contributed by atoms with Crippen molar-refractivity contribution < 1.29 is 23.1 Å². The van der Waals surface area contributed by atoms with Gasteiger partial charge in [0.25, 0.3) is 0 Å². The second-order valence-corrected chi connectivity index (χ2v) is 23.6. The van der Waals surface area contributed by atoms with Crippen molar-refractivity contribution in [1.29, 1.82) is 0 Å². The molecule has 0 heterocycles. The van der Waals surface area contributed by atoms with Crippen molar-refractivity contribution in [1.82, 2.24) is 0 Å². The third kappa shape index (κ3) is 7.32. The van der Waals surface area contributed by atoms with E-state index < -0.39 is 16.6 Å². The molecular formula is C31H58O5Si2. The van der Waals surface area contributed by atoms with E-state index in [1.807, 2.05) is 12.1 Å². The van der Waals surface area contributed by atoms with Gasteiger partial charge in [-0.15, -0.1) is 0 Å². The molecule has 0 saturated heterocycles. The predicted octanol–water partition coefficient (Wildman–Crippen LogP) is 9.33. The maximum absolute atomic E-state index is 12.1. The Bertz CT molecular complexity index is 807. The number of methoxy groups -OCH3 is 2. The van der Waals surface area contributed by atoms with Crippen molar-refractivity contribution in [2.45, 2.75) is 129 Å². The molecule has 2 atom stereocenters. The molecular weight excluding hydrogens is 509 g/mol. The summed E-state index contributed by atoms with van der Waals surface area (Å²) < 4.78 is 25.8. The molecule has 0 aliphatic carbocycles. The lowest BCUT2D eigenvalue weighted by Gasteiger charge is -2.47. The van der Waals surface area contributed by atoms with E-state index in [9.17, 15) is 4.79 Å². The van der Waals surface area contributed by atoms with Gasteiger partial charge >= 0.3 is 0 Å². The lowest BCUT2D eigenvalue weighted by molar-refractivity contribution is -0.109. The molecule has 1 rings (SSSR count). The molecule has 0 bridgehead atoms. The zero-order chi connectivity index (χ0) is 29.4. The standard InChI is InChI=1S/C31H58O5Si2/c1-21(2)37(22(3)4,23(5)6)35-20-28(17-18-32)31(27-15-16-29(33-13)30(19-27)34-14)36-38(24(7)8,25(9)10)26(11)12/h15-16,18-19,21-26,28,31H,17,20H2,1-14H3/t28-,31+/m0/s1. The number of ether oxygens (including phenoxy) is 2. The highest BCUT2D eigenvalue weighted by atomic mass is 28.4. The first-order valence-corrected chi connectivity index (χ1v) is 18.9. The SMILES string of the molecule is COc1ccc([C@@H](O[Si](C(C)C)(C(C)C)C(C)C)[C@@H](CC=O)CO[Si](C(C)C)(C(C)C)C(C)C)cc1OC. The van der Waals surface area contributed by atoms with E-state index in [-0.39, 0.29) is 12.0 Å². The highest BCUT2D eigenvalue weighted by Crippen LogP contribution is 2.49. The van der Waals surface area contributed by atoms with Crippen molar-refractivity contribution in [3.63, 3.8) is 0 Å². The summed E-state index contributed by atoms with van der Waals surface area (Å²) >= 11 is 0. The molecule has 7 heteroatoms. The van der Waals surface area contributed by atoms with Gasteiger partial charge in [-0.2, -0.15) is 0 Å². The van der Waals surface area contributed by atoms with Gasteiger partial charge in [-0.1, -0.05) is 89.2 Å². The Hall–Kier alpha value is -1.16. The highest BCUT2D eigenvalue weighted by molar-refractivity contribution is 6.78. The summed E-state index contributed by atoms with van der Waals surface area (Å²) in [5.74, 6) is 1.26. The van der Waals surface area contributed by atoms with Crippen LogP contribution in [0.1, 0.15) is 101 Å². The Morgan fingerprint density at radius 2 is 1.13 bits per heavy atom. The highest BCUT2D eigenvalue weighted by Gasteiger charge is 2.49. The van der Waals surface area contributed by atoms with Gasteiger partial charge < -0.3 is 23.1 Å². The monoisotopic (exact) mass is 566 g/mol. The van der Waals surface area contributed by atoms with Gasteiger partial charge in [0.05, 0.1) is 20.3 Å². The number of carbonyl (C=O) groups is 1. The van der Waals surface area contributed by atoms with E-state index in [2.05, 4.69) is 89.2 Å². The minimum atomic E-state index is -2.29. The summed E-state index contributed by atoms with van der Waals surface area (Å²) in [4.78, 5) is 12.1. The van der Waals surface area contributed by atoms with Crippen molar-refractivity contribution in [2.75, 3.05) is 20.8 Å². The lowest BCUT2D eigenvalue weighted by atomic mass is 9.94. The Balaban J connectivity index is 3.77. The van der Waals surface area contributed by atoms with Crippen LogP contribution in [0.2, 0.25) is 33.2 Å². The molecule has 0 saturated carbocycles. The van der Waals surface area contributed by atoms with Crippen molar-refractivity contribution in [3.8, 4) is 11.5 Å². The maximum atomic E-state index is 12.1. The van der Waals surface area contributed by atoms with Gasteiger partial charge in [0.2, 0.25) is 8.32 Å². The fraction of sp³-hybridized carbons (Fsp3) is 0.774. The molecule has 0 spiro atoms. The third-order valence-electron chi connectivity index (χ3n) is 8.86. The van der Waals surface area contributed by atoms with E-state index in [4.69, 9.17) is 18.3 Å². The molecule has 5 nitrogen and oxygen atoms in total. The van der Waals surface area contributed by atoms with Gasteiger partial charge in [-0.3, -0.25) is 0 Å². The normalized spacial score (nSPS) is 14.7. The minimum Gasteiger partial charge on any atom is -0.493 e. The summed E-state index contributed by atoms with van der Waals surface area (Å²) in [5, 5.41) is 0.